The van der Waals surface area contributed by atoms with Crippen LogP contribution in [0.1, 0.15) is 18.1 Å². The number of H-pyrrole nitrogens is 1. The Balaban J connectivity index is 2.11. The third-order valence-electron chi connectivity index (χ3n) is 3.21. The van der Waals surface area contributed by atoms with E-state index in [1.54, 1.807) is 0 Å². The average molecular weight is 306 g/mol. The molecular formula is C15H18N2O3S. The van der Waals surface area contributed by atoms with Gasteiger partial charge in [-0.1, -0.05) is 24.3 Å². The highest BCUT2D eigenvalue weighted by Crippen LogP contribution is 2.12. The quantitative estimate of drug-likeness (QED) is 0.880. The molecule has 0 saturated heterocycles. The molecule has 0 aliphatic rings. The summed E-state index contributed by atoms with van der Waals surface area (Å²) in [6.07, 6.45) is 1.81. The molecule has 2 rings (SSSR count). The van der Waals surface area contributed by atoms with Crippen molar-refractivity contribution in [3.8, 4) is 0 Å². The SMILES string of the molecule is Cc1ccccc1CC(C)NS(=O)(=O)c1ccc(=O)[nH]c1. The lowest BCUT2D eigenvalue weighted by atomic mass is 10.0. The fourth-order valence-corrected chi connectivity index (χ4v) is 3.32. The molecular weight excluding hydrogens is 288 g/mol. The maximum atomic E-state index is 12.2. The van der Waals surface area contributed by atoms with Crippen molar-refractivity contribution in [3.63, 3.8) is 0 Å². The Labute approximate surface area is 124 Å². The van der Waals surface area contributed by atoms with Gasteiger partial charge in [0.05, 0.1) is 4.90 Å². The second kappa shape index (κ2) is 6.24. The van der Waals surface area contributed by atoms with Crippen LogP contribution in [0.4, 0.5) is 0 Å². The van der Waals surface area contributed by atoms with Gasteiger partial charge in [-0.15, -0.1) is 0 Å². The lowest BCUT2D eigenvalue weighted by Gasteiger charge is -2.15. The van der Waals surface area contributed by atoms with Gasteiger partial charge in [-0.3, -0.25) is 4.79 Å². The van der Waals surface area contributed by atoms with Crippen molar-refractivity contribution in [1.29, 1.82) is 0 Å². The van der Waals surface area contributed by atoms with Gasteiger partial charge in [0, 0.05) is 18.3 Å². The van der Waals surface area contributed by atoms with Crippen LogP contribution >= 0.6 is 0 Å². The molecule has 6 heteroatoms. The number of aryl methyl sites for hydroxylation is 1. The van der Waals surface area contributed by atoms with E-state index >= 15 is 0 Å². The fourth-order valence-electron chi connectivity index (χ4n) is 2.11. The van der Waals surface area contributed by atoms with Crippen LogP contribution in [-0.2, 0) is 16.4 Å². The summed E-state index contributed by atoms with van der Waals surface area (Å²) in [5.41, 5.74) is 1.91. The third-order valence-corrected chi connectivity index (χ3v) is 4.80. The van der Waals surface area contributed by atoms with Crippen molar-refractivity contribution in [2.45, 2.75) is 31.2 Å². The predicted octanol–water partition coefficient (Wildman–Crippen LogP) is 1.59. The summed E-state index contributed by atoms with van der Waals surface area (Å²) in [7, 11) is -3.63. The van der Waals surface area contributed by atoms with E-state index in [1.165, 1.54) is 18.3 Å². The Hall–Kier alpha value is -1.92. The topological polar surface area (TPSA) is 79.0 Å². The molecule has 0 saturated carbocycles. The molecule has 0 aliphatic heterocycles. The van der Waals surface area contributed by atoms with E-state index in [0.29, 0.717) is 6.42 Å². The molecule has 1 heterocycles. The van der Waals surface area contributed by atoms with E-state index in [4.69, 9.17) is 0 Å². The number of rotatable bonds is 5. The molecule has 0 aliphatic carbocycles. The number of benzene rings is 1. The molecule has 2 N–H and O–H groups in total. The van der Waals surface area contributed by atoms with Gasteiger partial charge >= 0.3 is 0 Å². The molecule has 0 bridgehead atoms. The maximum Gasteiger partial charge on any atom is 0.247 e. The minimum Gasteiger partial charge on any atom is -0.328 e. The number of hydrogen-bond donors (Lipinski definition) is 2. The molecule has 1 atom stereocenters. The molecule has 0 radical (unpaired) electrons. The van der Waals surface area contributed by atoms with Crippen LogP contribution in [0.15, 0.2) is 52.3 Å². The lowest BCUT2D eigenvalue weighted by Crippen LogP contribution is -2.34. The molecule has 1 aromatic heterocycles. The van der Waals surface area contributed by atoms with Crippen molar-refractivity contribution in [3.05, 3.63) is 64.1 Å². The molecule has 0 fully saturated rings. The Morgan fingerprint density at radius 1 is 1.19 bits per heavy atom. The van der Waals surface area contributed by atoms with Crippen LogP contribution in [0.25, 0.3) is 0 Å². The van der Waals surface area contributed by atoms with E-state index in [0.717, 1.165) is 11.1 Å². The summed E-state index contributed by atoms with van der Waals surface area (Å²) in [5, 5.41) is 0. The molecule has 21 heavy (non-hydrogen) atoms. The lowest BCUT2D eigenvalue weighted by molar-refractivity contribution is 0.559. The summed E-state index contributed by atoms with van der Waals surface area (Å²) in [5.74, 6) is 0. The van der Waals surface area contributed by atoms with Gasteiger partial charge in [-0.2, -0.15) is 0 Å². The second-order valence-electron chi connectivity index (χ2n) is 5.04. The van der Waals surface area contributed by atoms with Crippen molar-refractivity contribution in [2.24, 2.45) is 0 Å². The largest absolute Gasteiger partial charge is 0.328 e. The van der Waals surface area contributed by atoms with Gasteiger partial charge in [0.1, 0.15) is 0 Å². The number of aromatic nitrogens is 1. The van der Waals surface area contributed by atoms with Crippen LogP contribution in [0.3, 0.4) is 0 Å². The average Bonchev–Trinajstić information content (AvgIpc) is 2.41. The van der Waals surface area contributed by atoms with E-state index in [9.17, 15) is 13.2 Å². The zero-order chi connectivity index (χ0) is 15.5. The van der Waals surface area contributed by atoms with E-state index in [1.807, 2.05) is 38.1 Å². The van der Waals surface area contributed by atoms with Gasteiger partial charge in [0.25, 0.3) is 0 Å². The first-order valence-electron chi connectivity index (χ1n) is 6.64. The molecule has 0 amide bonds. The summed E-state index contributed by atoms with van der Waals surface area (Å²) in [6, 6.07) is 10.1. The van der Waals surface area contributed by atoms with Crippen molar-refractivity contribution in [1.82, 2.24) is 9.71 Å². The van der Waals surface area contributed by atoms with Gasteiger partial charge in [-0.25, -0.2) is 13.1 Å². The first kappa shape index (κ1) is 15.5. The molecule has 1 aromatic carbocycles. The minimum absolute atomic E-state index is 0.0544. The number of nitrogens with one attached hydrogen (secondary N) is 2. The van der Waals surface area contributed by atoms with Crippen molar-refractivity contribution < 1.29 is 8.42 Å². The van der Waals surface area contributed by atoms with Gasteiger partial charge in [0.2, 0.25) is 15.6 Å². The molecule has 1 unspecified atom stereocenters. The van der Waals surface area contributed by atoms with Crippen molar-refractivity contribution in [2.75, 3.05) is 0 Å². The van der Waals surface area contributed by atoms with E-state index < -0.39 is 10.0 Å². The first-order chi connectivity index (χ1) is 9.88. The highest BCUT2D eigenvalue weighted by Gasteiger charge is 2.18. The Bertz CT molecular complexity index is 761. The van der Waals surface area contributed by atoms with Crippen LogP contribution < -0.4 is 10.3 Å². The van der Waals surface area contributed by atoms with Crippen LogP contribution in [0.2, 0.25) is 0 Å². The zero-order valence-electron chi connectivity index (χ0n) is 12.0. The normalized spacial score (nSPS) is 13.0. The molecule has 112 valence electrons. The summed E-state index contributed by atoms with van der Waals surface area (Å²) in [6.45, 7) is 3.81. The number of hydrogen-bond acceptors (Lipinski definition) is 3. The van der Waals surface area contributed by atoms with Gasteiger partial charge in [-0.05, 0) is 37.5 Å². The van der Waals surface area contributed by atoms with Crippen LogP contribution in [0.5, 0.6) is 0 Å². The fraction of sp³-hybridized carbons (Fsp3) is 0.267. The summed E-state index contributed by atoms with van der Waals surface area (Å²) >= 11 is 0. The summed E-state index contributed by atoms with van der Waals surface area (Å²) < 4.78 is 27.0. The minimum atomic E-state index is -3.63. The number of pyridine rings is 1. The third kappa shape index (κ3) is 4.03. The van der Waals surface area contributed by atoms with Crippen LogP contribution in [-0.4, -0.2) is 19.4 Å². The Morgan fingerprint density at radius 2 is 1.90 bits per heavy atom. The smallest absolute Gasteiger partial charge is 0.247 e. The Morgan fingerprint density at radius 3 is 2.52 bits per heavy atom. The first-order valence-corrected chi connectivity index (χ1v) is 8.12. The maximum absolute atomic E-state index is 12.2. The number of aromatic amines is 1. The standard InChI is InChI=1S/C15H18N2O3S/c1-11-5-3-4-6-13(11)9-12(2)17-21(19,20)14-7-8-15(18)16-10-14/h3-8,10,12,17H,9H2,1-2H3,(H,16,18). The second-order valence-corrected chi connectivity index (χ2v) is 6.76. The van der Waals surface area contributed by atoms with E-state index in [2.05, 4.69) is 9.71 Å². The van der Waals surface area contributed by atoms with Crippen LogP contribution in [0, 0.1) is 6.92 Å². The van der Waals surface area contributed by atoms with Gasteiger partial charge in [0.15, 0.2) is 0 Å². The molecule has 5 nitrogen and oxygen atoms in total. The van der Waals surface area contributed by atoms with Gasteiger partial charge < -0.3 is 4.98 Å². The van der Waals surface area contributed by atoms with E-state index in [-0.39, 0.29) is 16.5 Å². The molecule has 2 aromatic rings. The molecule has 0 spiro atoms. The highest BCUT2D eigenvalue weighted by atomic mass is 32.2. The monoisotopic (exact) mass is 306 g/mol. The zero-order valence-corrected chi connectivity index (χ0v) is 12.8. The Kier molecular flexibility index (Phi) is 4.59. The highest BCUT2D eigenvalue weighted by molar-refractivity contribution is 7.89. The number of sulfonamides is 1. The summed E-state index contributed by atoms with van der Waals surface area (Å²) in [4.78, 5) is 13.4. The predicted molar refractivity (Wildman–Crippen MR) is 81.7 cm³/mol. The van der Waals surface area contributed by atoms with Crippen molar-refractivity contribution >= 4 is 10.0 Å².